The third kappa shape index (κ3) is 4.38. The number of hydrogen-bond acceptors (Lipinski definition) is 2. The smallest absolute Gasteiger partial charge is 0.0244 e. The van der Waals surface area contributed by atoms with Crippen LogP contribution in [0.3, 0.4) is 0 Å². The molecule has 2 nitrogen and oxygen atoms in total. The zero-order valence-electron chi connectivity index (χ0n) is 12.1. The Morgan fingerprint density at radius 1 is 1.28 bits per heavy atom. The van der Waals surface area contributed by atoms with Gasteiger partial charge in [-0.15, -0.1) is 0 Å². The minimum absolute atomic E-state index is 0.592. The molecule has 0 radical (unpaired) electrons. The van der Waals surface area contributed by atoms with Crippen LogP contribution in [-0.2, 0) is 13.1 Å². The molecule has 0 heterocycles. The lowest BCUT2D eigenvalue weighted by Crippen LogP contribution is -2.32. The summed E-state index contributed by atoms with van der Waals surface area (Å²) < 4.78 is 1.21. The Kier molecular flexibility index (Phi) is 6.33. The molecule has 102 valence electrons. The standard InChI is InChI=1S/C15H25BrN2/c1-11(2)12(3)18(5)10-14-7-6-13(9-17-4)8-15(14)16/h6-8,11-12,17H,9-10H2,1-5H3. The van der Waals surface area contributed by atoms with Gasteiger partial charge in [0.05, 0.1) is 0 Å². The molecule has 1 rings (SSSR count). The van der Waals surface area contributed by atoms with Gasteiger partial charge in [0, 0.05) is 23.6 Å². The number of nitrogens with one attached hydrogen (secondary N) is 1. The number of benzene rings is 1. The second-order valence-corrected chi connectivity index (χ2v) is 6.21. The van der Waals surface area contributed by atoms with E-state index in [1.54, 1.807) is 0 Å². The van der Waals surface area contributed by atoms with Gasteiger partial charge in [0.15, 0.2) is 0 Å². The Bertz CT molecular complexity index is 377. The fourth-order valence-electron chi connectivity index (χ4n) is 1.95. The maximum absolute atomic E-state index is 3.68. The molecule has 0 aliphatic heterocycles. The topological polar surface area (TPSA) is 15.3 Å². The predicted molar refractivity (Wildman–Crippen MR) is 82.7 cm³/mol. The fourth-order valence-corrected chi connectivity index (χ4v) is 2.51. The molecule has 0 spiro atoms. The molecular weight excluding hydrogens is 288 g/mol. The van der Waals surface area contributed by atoms with Gasteiger partial charge in [-0.25, -0.2) is 0 Å². The molecule has 0 aliphatic rings. The monoisotopic (exact) mass is 312 g/mol. The third-order valence-electron chi connectivity index (χ3n) is 3.58. The van der Waals surface area contributed by atoms with Crippen molar-refractivity contribution in [3.8, 4) is 0 Å². The normalized spacial score (nSPS) is 13.3. The second kappa shape index (κ2) is 7.27. The molecule has 0 bridgehead atoms. The van der Waals surface area contributed by atoms with Crippen LogP contribution in [0.2, 0.25) is 0 Å². The molecule has 0 aliphatic carbocycles. The Labute approximate surface area is 120 Å². The summed E-state index contributed by atoms with van der Waals surface area (Å²) in [7, 11) is 4.17. The van der Waals surface area contributed by atoms with Crippen molar-refractivity contribution in [2.24, 2.45) is 5.92 Å². The van der Waals surface area contributed by atoms with Crippen LogP contribution < -0.4 is 5.32 Å². The number of nitrogens with zero attached hydrogens (tertiary/aromatic N) is 1. The molecule has 3 heteroatoms. The summed E-state index contributed by atoms with van der Waals surface area (Å²) in [6.45, 7) is 8.73. The van der Waals surface area contributed by atoms with E-state index in [9.17, 15) is 0 Å². The predicted octanol–water partition coefficient (Wildman–Crippen LogP) is 3.64. The first kappa shape index (κ1) is 15.7. The van der Waals surface area contributed by atoms with Crippen molar-refractivity contribution < 1.29 is 0 Å². The summed E-state index contributed by atoms with van der Waals surface area (Å²) in [6, 6.07) is 7.22. The molecule has 1 N–H and O–H groups in total. The number of hydrogen-bond donors (Lipinski definition) is 1. The summed E-state index contributed by atoms with van der Waals surface area (Å²) in [5.41, 5.74) is 2.66. The SMILES string of the molecule is CNCc1ccc(CN(C)C(C)C(C)C)c(Br)c1. The van der Waals surface area contributed by atoms with Crippen LogP contribution in [0.4, 0.5) is 0 Å². The molecule has 0 fully saturated rings. The molecule has 1 atom stereocenters. The van der Waals surface area contributed by atoms with E-state index in [4.69, 9.17) is 0 Å². The molecule has 18 heavy (non-hydrogen) atoms. The Hall–Kier alpha value is -0.380. The van der Waals surface area contributed by atoms with Gasteiger partial charge in [-0.05, 0) is 44.1 Å². The first-order valence-corrected chi connectivity index (χ1v) is 7.37. The lowest BCUT2D eigenvalue weighted by molar-refractivity contribution is 0.200. The van der Waals surface area contributed by atoms with Gasteiger partial charge in [-0.1, -0.05) is 41.9 Å². The molecule has 0 aromatic heterocycles. The highest BCUT2D eigenvalue weighted by Crippen LogP contribution is 2.21. The van der Waals surface area contributed by atoms with Crippen molar-refractivity contribution in [3.63, 3.8) is 0 Å². The lowest BCUT2D eigenvalue weighted by Gasteiger charge is -2.28. The summed E-state index contributed by atoms with van der Waals surface area (Å²) in [5, 5.41) is 3.17. The van der Waals surface area contributed by atoms with Crippen LogP contribution in [0.15, 0.2) is 22.7 Å². The summed E-state index contributed by atoms with van der Waals surface area (Å²) >= 11 is 3.68. The summed E-state index contributed by atoms with van der Waals surface area (Å²) in [4.78, 5) is 2.41. The quantitative estimate of drug-likeness (QED) is 0.862. The van der Waals surface area contributed by atoms with E-state index in [0.29, 0.717) is 12.0 Å². The second-order valence-electron chi connectivity index (χ2n) is 5.36. The Morgan fingerprint density at radius 2 is 1.94 bits per heavy atom. The van der Waals surface area contributed by atoms with Crippen LogP contribution in [-0.4, -0.2) is 25.0 Å². The van der Waals surface area contributed by atoms with E-state index in [0.717, 1.165) is 13.1 Å². The van der Waals surface area contributed by atoms with Crippen LogP contribution in [0.1, 0.15) is 31.9 Å². The van der Waals surface area contributed by atoms with Gasteiger partial charge >= 0.3 is 0 Å². The number of halogens is 1. The zero-order valence-corrected chi connectivity index (χ0v) is 13.7. The van der Waals surface area contributed by atoms with Crippen molar-refractivity contribution in [3.05, 3.63) is 33.8 Å². The summed E-state index contributed by atoms with van der Waals surface area (Å²) in [6.07, 6.45) is 0. The van der Waals surface area contributed by atoms with Gasteiger partial charge in [0.2, 0.25) is 0 Å². The largest absolute Gasteiger partial charge is 0.316 e. The first-order valence-electron chi connectivity index (χ1n) is 6.57. The minimum Gasteiger partial charge on any atom is -0.316 e. The van der Waals surface area contributed by atoms with Gasteiger partial charge in [0.1, 0.15) is 0 Å². The van der Waals surface area contributed by atoms with E-state index in [1.165, 1.54) is 15.6 Å². The van der Waals surface area contributed by atoms with Crippen molar-refractivity contribution in [2.45, 2.75) is 39.9 Å². The maximum Gasteiger partial charge on any atom is 0.0244 e. The van der Waals surface area contributed by atoms with Crippen LogP contribution >= 0.6 is 15.9 Å². The highest BCUT2D eigenvalue weighted by molar-refractivity contribution is 9.10. The molecule has 1 unspecified atom stereocenters. The van der Waals surface area contributed by atoms with Crippen LogP contribution in [0, 0.1) is 5.92 Å². The Balaban J connectivity index is 2.73. The highest BCUT2D eigenvalue weighted by atomic mass is 79.9. The summed E-state index contributed by atoms with van der Waals surface area (Å²) in [5.74, 6) is 0.678. The van der Waals surface area contributed by atoms with E-state index in [2.05, 4.69) is 72.2 Å². The highest BCUT2D eigenvalue weighted by Gasteiger charge is 2.14. The maximum atomic E-state index is 3.68. The van der Waals surface area contributed by atoms with E-state index >= 15 is 0 Å². The molecule has 1 aromatic carbocycles. The molecular formula is C15H25BrN2. The average Bonchev–Trinajstić information content (AvgIpc) is 2.31. The molecule has 0 saturated heterocycles. The van der Waals surface area contributed by atoms with Crippen molar-refractivity contribution in [2.75, 3.05) is 14.1 Å². The first-order chi connectivity index (χ1) is 8.45. The van der Waals surface area contributed by atoms with Crippen molar-refractivity contribution >= 4 is 15.9 Å². The van der Waals surface area contributed by atoms with Crippen LogP contribution in [0.5, 0.6) is 0 Å². The lowest BCUT2D eigenvalue weighted by atomic mass is 10.0. The van der Waals surface area contributed by atoms with Crippen molar-refractivity contribution in [1.82, 2.24) is 10.2 Å². The van der Waals surface area contributed by atoms with E-state index < -0.39 is 0 Å². The fraction of sp³-hybridized carbons (Fsp3) is 0.600. The van der Waals surface area contributed by atoms with Crippen molar-refractivity contribution in [1.29, 1.82) is 0 Å². The van der Waals surface area contributed by atoms with Gasteiger partial charge in [-0.2, -0.15) is 0 Å². The number of rotatable bonds is 6. The minimum atomic E-state index is 0.592. The molecule has 1 aromatic rings. The van der Waals surface area contributed by atoms with E-state index in [1.807, 2.05) is 7.05 Å². The van der Waals surface area contributed by atoms with Gasteiger partial charge < -0.3 is 5.32 Å². The Morgan fingerprint density at radius 3 is 2.44 bits per heavy atom. The van der Waals surface area contributed by atoms with E-state index in [-0.39, 0.29) is 0 Å². The molecule has 0 amide bonds. The molecule has 0 saturated carbocycles. The van der Waals surface area contributed by atoms with Gasteiger partial charge in [-0.3, -0.25) is 4.90 Å². The van der Waals surface area contributed by atoms with Crippen LogP contribution in [0.25, 0.3) is 0 Å². The average molecular weight is 313 g/mol. The van der Waals surface area contributed by atoms with Gasteiger partial charge in [0.25, 0.3) is 0 Å². The zero-order chi connectivity index (χ0) is 13.7. The third-order valence-corrected chi connectivity index (χ3v) is 4.32.